The molecule has 0 bridgehead atoms. The first-order valence-electron chi connectivity index (χ1n) is 9.89. The van der Waals surface area contributed by atoms with E-state index in [1.54, 1.807) is 17.7 Å². The molecule has 6 nitrogen and oxygen atoms in total. The average Bonchev–Trinajstić information content (AvgIpc) is 3.19. The number of nitriles is 1. The Hall–Kier alpha value is -3.30. The van der Waals surface area contributed by atoms with Gasteiger partial charge in [0.1, 0.15) is 17.1 Å². The van der Waals surface area contributed by atoms with Crippen LogP contribution in [0.15, 0.2) is 51.7 Å². The van der Waals surface area contributed by atoms with Gasteiger partial charge in [0.2, 0.25) is 0 Å². The maximum atomic E-state index is 12.8. The van der Waals surface area contributed by atoms with E-state index < -0.39 is 0 Å². The minimum atomic E-state index is -0.260. The number of aromatic nitrogens is 2. The topological polar surface area (TPSA) is 75.1 Å². The van der Waals surface area contributed by atoms with Crippen LogP contribution >= 0.6 is 11.6 Å². The SMILES string of the molecule is Cn1c(=O)c(C#N)c(N2CCC(c3nc4cc(Cl)ccc4o3)CC2)c2ccccc21. The van der Waals surface area contributed by atoms with E-state index in [2.05, 4.69) is 16.0 Å². The first-order valence-corrected chi connectivity index (χ1v) is 10.3. The van der Waals surface area contributed by atoms with Crippen LogP contribution in [0.5, 0.6) is 0 Å². The first kappa shape index (κ1) is 18.7. The Morgan fingerprint density at radius 2 is 1.97 bits per heavy atom. The molecule has 0 amide bonds. The molecule has 1 fully saturated rings. The number of hydrogen-bond acceptors (Lipinski definition) is 5. The summed E-state index contributed by atoms with van der Waals surface area (Å²) in [5.41, 5.74) is 3.01. The highest BCUT2D eigenvalue weighted by molar-refractivity contribution is 6.31. The third-order valence-corrected chi connectivity index (χ3v) is 6.15. The van der Waals surface area contributed by atoms with Crippen molar-refractivity contribution in [3.8, 4) is 6.07 Å². The van der Waals surface area contributed by atoms with Crippen molar-refractivity contribution < 1.29 is 4.42 Å². The van der Waals surface area contributed by atoms with Gasteiger partial charge in [-0.15, -0.1) is 0 Å². The van der Waals surface area contributed by atoms with Crippen LogP contribution in [-0.2, 0) is 7.05 Å². The summed E-state index contributed by atoms with van der Waals surface area (Å²) >= 11 is 6.06. The molecular weight excluding hydrogens is 400 g/mol. The van der Waals surface area contributed by atoms with Crippen LogP contribution in [0.4, 0.5) is 5.69 Å². The van der Waals surface area contributed by atoms with E-state index in [1.807, 2.05) is 36.4 Å². The fraction of sp³-hybridized carbons (Fsp3) is 0.261. The highest BCUT2D eigenvalue weighted by Gasteiger charge is 2.28. The molecule has 4 aromatic rings. The number of rotatable bonds is 2. The molecule has 1 aliphatic rings. The van der Waals surface area contributed by atoms with Crippen molar-refractivity contribution in [3.05, 3.63) is 69.3 Å². The van der Waals surface area contributed by atoms with Crippen molar-refractivity contribution in [2.24, 2.45) is 7.05 Å². The molecule has 0 atom stereocenters. The van der Waals surface area contributed by atoms with Gasteiger partial charge in [-0.3, -0.25) is 4.79 Å². The Bertz CT molecular complexity index is 1370. The molecule has 30 heavy (non-hydrogen) atoms. The van der Waals surface area contributed by atoms with E-state index in [0.29, 0.717) is 5.02 Å². The Balaban J connectivity index is 1.48. The third-order valence-electron chi connectivity index (χ3n) is 5.91. The summed E-state index contributed by atoms with van der Waals surface area (Å²) in [6, 6.07) is 15.3. The van der Waals surface area contributed by atoms with Gasteiger partial charge in [0.25, 0.3) is 5.56 Å². The van der Waals surface area contributed by atoms with Crippen molar-refractivity contribution in [2.45, 2.75) is 18.8 Å². The minimum Gasteiger partial charge on any atom is -0.440 e. The van der Waals surface area contributed by atoms with Crippen LogP contribution in [0.2, 0.25) is 5.02 Å². The van der Waals surface area contributed by atoms with Crippen LogP contribution in [-0.4, -0.2) is 22.6 Å². The largest absolute Gasteiger partial charge is 0.440 e. The Kier molecular flexibility index (Phi) is 4.48. The quantitative estimate of drug-likeness (QED) is 0.476. The summed E-state index contributed by atoms with van der Waals surface area (Å²) in [4.78, 5) is 19.5. The van der Waals surface area contributed by atoms with Gasteiger partial charge < -0.3 is 13.9 Å². The lowest BCUT2D eigenvalue weighted by Gasteiger charge is -2.33. The van der Waals surface area contributed by atoms with Gasteiger partial charge in [-0.2, -0.15) is 5.26 Å². The van der Waals surface area contributed by atoms with Crippen molar-refractivity contribution >= 4 is 39.3 Å². The van der Waals surface area contributed by atoms with Gasteiger partial charge in [-0.1, -0.05) is 29.8 Å². The highest BCUT2D eigenvalue weighted by atomic mass is 35.5. The lowest BCUT2D eigenvalue weighted by molar-refractivity contribution is 0.407. The summed E-state index contributed by atoms with van der Waals surface area (Å²) in [5, 5.41) is 11.3. The number of oxazole rings is 1. The molecular formula is C23H19ClN4O2. The van der Waals surface area contributed by atoms with Crippen LogP contribution in [0.25, 0.3) is 22.0 Å². The lowest BCUT2D eigenvalue weighted by atomic mass is 9.95. The summed E-state index contributed by atoms with van der Waals surface area (Å²) in [6.07, 6.45) is 1.66. The molecule has 2 aromatic heterocycles. The zero-order chi connectivity index (χ0) is 20.8. The van der Waals surface area contributed by atoms with Crippen LogP contribution in [0.3, 0.4) is 0 Å². The van der Waals surface area contributed by atoms with Crippen LogP contribution < -0.4 is 10.5 Å². The molecule has 0 aliphatic carbocycles. The fourth-order valence-electron chi connectivity index (χ4n) is 4.35. The smallest absolute Gasteiger partial charge is 0.270 e. The molecule has 0 unspecified atom stereocenters. The fourth-order valence-corrected chi connectivity index (χ4v) is 4.52. The highest BCUT2D eigenvalue weighted by Crippen LogP contribution is 2.35. The predicted molar refractivity (Wildman–Crippen MR) is 117 cm³/mol. The number of piperidine rings is 1. The van der Waals surface area contributed by atoms with E-state index in [1.165, 1.54) is 0 Å². The van der Waals surface area contributed by atoms with E-state index in [4.69, 9.17) is 16.0 Å². The Morgan fingerprint density at radius 1 is 1.20 bits per heavy atom. The number of benzene rings is 2. The second kappa shape index (κ2) is 7.19. The molecule has 2 aromatic carbocycles. The van der Waals surface area contributed by atoms with Gasteiger partial charge in [0, 0.05) is 36.5 Å². The Labute approximate surface area is 177 Å². The number of pyridine rings is 1. The van der Waals surface area contributed by atoms with Crippen molar-refractivity contribution in [1.29, 1.82) is 5.26 Å². The molecule has 0 radical (unpaired) electrons. The van der Waals surface area contributed by atoms with Gasteiger partial charge >= 0.3 is 0 Å². The van der Waals surface area contributed by atoms with Crippen molar-refractivity contribution in [1.82, 2.24) is 9.55 Å². The van der Waals surface area contributed by atoms with Crippen molar-refractivity contribution in [3.63, 3.8) is 0 Å². The number of aryl methyl sites for hydroxylation is 1. The zero-order valence-electron chi connectivity index (χ0n) is 16.4. The third kappa shape index (κ3) is 2.94. The maximum Gasteiger partial charge on any atom is 0.270 e. The van der Waals surface area contributed by atoms with Gasteiger partial charge in [-0.25, -0.2) is 4.98 Å². The van der Waals surface area contributed by atoms with Gasteiger partial charge in [0.15, 0.2) is 11.5 Å². The minimum absolute atomic E-state index is 0.191. The monoisotopic (exact) mass is 418 g/mol. The molecule has 5 rings (SSSR count). The number of para-hydroxylation sites is 1. The number of hydrogen-bond donors (Lipinski definition) is 0. The number of halogens is 1. The normalized spacial score (nSPS) is 15.0. The van der Waals surface area contributed by atoms with Crippen LogP contribution in [0.1, 0.15) is 30.2 Å². The van der Waals surface area contributed by atoms with Crippen molar-refractivity contribution in [2.75, 3.05) is 18.0 Å². The summed E-state index contributed by atoms with van der Waals surface area (Å²) in [5.74, 6) is 0.914. The molecule has 0 spiro atoms. The number of anilines is 1. The average molecular weight is 419 g/mol. The van der Waals surface area contributed by atoms with E-state index in [-0.39, 0.29) is 17.0 Å². The molecule has 0 N–H and O–H groups in total. The van der Waals surface area contributed by atoms with E-state index in [9.17, 15) is 10.1 Å². The molecule has 7 heteroatoms. The molecule has 3 heterocycles. The number of fused-ring (bicyclic) bond motifs is 2. The van der Waals surface area contributed by atoms with E-state index in [0.717, 1.165) is 59.5 Å². The Morgan fingerprint density at radius 3 is 2.73 bits per heavy atom. The zero-order valence-corrected chi connectivity index (χ0v) is 17.2. The predicted octanol–water partition coefficient (Wildman–Crippen LogP) is 4.59. The molecule has 150 valence electrons. The second-order valence-electron chi connectivity index (χ2n) is 7.64. The standard InChI is InChI=1S/C23H19ClN4O2/c1-27-19-5-3-2-4-16(19)21(17(13-25)23(27)29)28-10-8-14(9-11-28)22-26-18-12-15(24)6-7-20(18)30-22/h2-7,12,14H,8-11H2,1H3. The summed E-state index contributed by atoms with van der Waals surface area (Å²) in [7, 11) is 1.71. The molecule has 0 saturated carbocycles. The second-order valence-corrected chi connectivity index (χ2v) is 8.08. The number of nitrogens with zero attached hydrogens (tertiary/aromatic N) is 4. The first-order chi connectivity index (χ1) is 14.6. The lowest BCUT2D eigenvalue weighted by Crippen LogP contribution is -2.35. The summed E-state index contributed by atoms with van der Waals surface area (Å²) < 4.78 is 7.51. The van der Waals surface area contributed by atoms with Crippen LogP contribution in [0, 0.1) is 11.3 Å². The maximum absolute atomic E-state index is 12.8. The van der Waals surface area contributed by atoms with E-state index >= 15 is 0 Å². The van der Waals surface area contributed by atoms with Gasteiger partial charge in [-0.05, 0) is 37.1 Å². The molecule has 1 saturated heterocycles. The molecule has 1 aliphatic heterocycles. The van der Waals surface area contributed by atoms with Gasteiger partial charge in [0.05, 0.1) is 11.2 Å². The summed E-state index contributed by atoms with van der Waals surface area (Å²) in [6.45, 7) is 1.44.